The first-order valence-corrected chi connectivity index (χ1v) is 7.36. The molecule has 0 aromatic heterocycles. The Bertz CT molecular complexity index is 458. The summed E-state index contributed by atoms with van der Waals surface area (Å²) in [7, 11) is 4.20. The Morgan fingerprint density at radius 2 is 1.75 bits per heavy atom. The first-order valence-electron chi connectivity index (χ1n) is 7.36. The molecule has 0 aliphatic carbocycles. The molecular weight excluding hydrogens is 246 g/mol. The topological polar surface area (TPSA) is 39.1 Å². The second-order valence-electron chi connectivity index (χ2n) is 5.70. The molecular formula is C17H27N3. The summed E-state index contributed by atoms with van der Waals surface area (Å²) in [4.78, 5) is 2.20. The summed E-state index contributed by atoms with van der Waals surface area (Å²) in [6.07, 6.45) is 2.68. The number of benzene rings is 1. The molecule has 0 aliphatic heterocycles. The van der Waals surface area contributed by atoms with Crippen LogP contribution in [0.4, 0.5) is 0 Å². The van der Waals surface area contributed by atoms with E-state index in [4.69, 9.17) is 5.26 Å². The van der Waals surface area contributed by atoms with E-state index in [2.05, 4.69) is 56.4 Å². The van der Waals surface area contributed by atoms with Crippen molar-refractivity contribution in [2.24, 2.45) is 0 Å². The standard InChI is InChI=1S/C17H27N3/c1-14-12-16(6-8-18)17(13-15(14)2)7-10-19-9-5-11-20(3)4/h12-13,19H,5-7,9-11H2,1-4H3. The van der Waals surface area contributed by atoms with Gasteiger partial charge in [0, 0.05) is 0 Å². The summed E-state index contributed by atoms with van der Waals surface area (Å²) in [6.45, 7) is 7.40. The van der Waals surface area contributed by atoms with Crippen LogP contribution >= 0.6 is 0 Å². The maximum Gasteiger partial charge on any atom is 0.0669 e. The van der Waals surface area contributed by atoms with Crippen LogP contribution in [0.3, 0.4) is 0 Å². The zero-order chi connectivity index (χ0) is 15.0. The van der Waals surface area contributed by atoms with E-state index in [1.807, 2.05) is 0 Å². The maximum atomic E-state index is 8.93. The van der Waals surface area contributed by atoms with Crippen LogP contribution in [-0.2, 0) is 12.8 Å². The quantitative estimate of drug-likeness (QED) is 0.740. The van der Waals surface area contributed by atoms with Gasteiger partial charge in [0.2, 0.25) is 0 Å². The number of nitriles is 1. The molecule has 1 rings (SSSR count). The Balaban J connectivity index is 2.46. The lowest BCUT2D eigenvalue weighted by Gasteiger charge is -2.12. The van der Waals surface area contributed by atoms with Gasteiger partial charge in [0.05, 0.1) is 12.5 Å². The van der Waals surface area contributed by atoms with Crippen LogP contribution in [0.1, 0.15) is 28.7 Å². The van der Waals surface area contributed by atoms with Crippen molar-refractivity contribution in [1.82, 2.24) is 10.2 Å². The van der Waals surface area contributed by atoms with Gasteiger partial charge in [-0.3, -0.25) is 0 Å². The monoisotopic (exact) mass is 273 g/mol. The smallest absolute Gasteiger partial charge is 0.0669 e. The Labute approximate surface area is 123 Å². The fourth-order valence-electron chi connectivity index (χ4n) is 2.29. The zero-order valence-corrected chi connectivity index (χ0v) is 13.3. The third-order valence-electron chi connectivity index (χ3n) is 3.62. The van der Waals surface area contributed by atoms with E-state index in [0.717, 1.165) is 26.1 Å². The van der Waals surface area contributed by atoms with Crippen LogP contribution in [0.15, 0.2) is 12.1 Å². The van der Waals surface area contributed by atoms with Crippen molar-refractivity contribution in [2.45, 2.75) is 33.1 Å². The summed E-state index contributed by atoms with van der Waals surface area (Å²) in [5.41, 5.74) is 5.09. The van der Waals surface area contributed by atoms with Gasteiger partial charge in [-0.2, -0.15) is 5.26 Å². The van der Waals surface area contributed by atoms with E-state index >= 15 is 0 Å². The Morgan fingerprint density at radius 3 is 2.35 bits per heavy atom. The number of nitrogens with zero attached hydrogens (tertiary/aromatic N) is 2. The molecule has 110 valence electrons. The molecule has 0 fully saturated rings. The average molecular weight is 273 g/mol. The molecule has 0 unspecified atom stereocenters. The summed E-state index contributed by atoms with van der Waals surface area (Å²) < 4.78 is 0. The molecule has 0 heterocycles. The van der Waals surface area contributed by atoms with Gasteiger partial charge in [-0.05, 0) is 82.7 Å². The highest BCUT2D eigenvalue weighted by Gasteiger charge is 2.05. The van der Waals surface area contributed by atoms with Crippen molar-refractivity contribution >= 4 is 0 Å². The van der Waals surface area contributed by atoms with E-state index in [0.29, 0.717) is 6.42 Å². The molecule has 0 saturated carbocycles. The van der Waals surface area contributed by atoms with E-state index in [9.17, 15) is 0 Å². The number of aryl methyl sites for hydroxylation is 2. The molecule has 0 radical (unpaired) electrons. The van der Waals surface area contributed by atoms with E-state index in [1.54, 1.807) is 0 Å². The Hall–Kier alpha value is -1.37. The van der Waals surface area contributed by atoms with Crippen LogP contribution in [0, 0.1) is 25.2 Å². The van der Waals surface area contributed by atoms with E-state index in [-0.39, 0.29) is 0 Å². The van der Waals surface area contributed by atoms with Crippen molar-refractivity contribution in [3.8, 4) is 6.07 Å². The fraction of sp³-hybridized carbons (Fsp3) is 0.588. The summed E-state index contributed by atoms with van der Waals surface area (Å²) in [5, 5.41) is 12.4. The predicted molar refractivity (Wildman–Crippen MR) is 85.0 cm³/mol. The second kappa shape index (κ2) is 8.73. The minimum atomic E-state index is 0.511. The minimum Gasteiger partial charge on any atom is -0.316 e. The lowest BCUT2D eigenvalue weighted by Crippen LogP contribution is -2.23. The molecule has 1 N–H and O–H groups in total. The molecule has 0 bridgehead atoms. The van der Waals surface area contributed by atoms with E-state index in [1.165, 1.54) is 28.7 Å². The molecule has 3 heteroatoms. The van der Waals surface area contributed by atoms with Crippen LogP contribution < -0.4 is 5.32 Å². The molecule has 20 heavy (non-hydrogen) atoms. The van der Waals surface area contributed by atoms with Crippen molar-refractivity contribution in [2.75, 3.05) is 33.7 Å². The number of hydrogen-bond acceptors (Lipinski definition) is 3. The largest absolute Gasteiger partial charge is 0.316 e. The lowest BCUT2D eigenvalue weighted by atomic mass is 9.96. The van der Waals surface area contributed by atoms with Gasteiger partial charge in [-0.15, -0.1) is 0 Å². The van der Waals surface area contributed by atoms with Gasteiger partial charge in [0.15, 0.2) is 0 Å². The number of nitrogens with one attached hydrogen (secondary N) is 1. The zero-order valence-electron chi connectivity index (χ0n) is 13.3. The highest BCUT2D eigenvalue weighted by Crippen LogP contribution is 2.17. The van der Waals surface area contributed by atoms with Crippen molar-refractivity contribution in [3.63, 3.8) is 0 Å². The van der Waals surface area contributed by atoms with Gasteiger partial charge in [0.1, 0.15) is 0 Å². The van der Waals surface area contributed by atoms with E-state index < -0.39 is 0 Å². The summed E-state index contributed by atoms with van der Waals surface area (Å²) in [6, 6.07) is 6.67. The number of rotatable bonds is 8. The van der Waals surface area contributed by atoms with Crippen molar-refractivity contribution < 1.29 is 0 Å². The normalized spacial score (nSPS) is 10.8. The first kappa shape index (κ1) is 16.7. The molecule has 0 spiro atoms. The summed E-state index contributed by atoms with van der Waals surface area (Å²) in [5.74, 6) is 0. The molecule has 3 nitrogen and oxygen atoms in total. The van der Waals surface area contributed by atoms with Crippen molar-refractivity contribution in [1.29, 1.82) is 5.26 Å². The molecule has 0 amide bonds. The van der Waals surface area contributed by atoms with Crippen LogP contribution in [0.25, 0.3) is 0 Å². The lowest BCUT2D eigenvalue weighted by molar-refractivity contribution is 0.395. The van der Waals surface area contributed by atoms with Crippen LogP contribution in [0.2, 0.25) is 0 Å². The van der Waals surface area contributed by atoms with Crippen LogP contribution in [0.5, 0.6) is 0 Å². The average Bonchev–Trinajstić information content (AvgIpc) is 2.39. The Morgan fingerprint density at radius 1 is 1.10 bits per heavy atom. The van der Waals surface area contributed by atoms with Gasteiger partial charge >= 0.3 is 0 Å². The minimum absolute atomic E-state index is 0.511. The second-order valence-corrected chi connectivity index (χ2v) is 5.70. The third kappa shape index (κ3) is 5.73. The maximum absolute atomic E-state index is 8.93. The molecule has 0 atom stereocenters. The highest BCUT2D eigenvalue weighted by atomic mass is 15.0. The number of hydrogen-bond donors (Lipinski definition) is 1. The van der Waals surface area contributed by atoms with Gasteiger partial charge in [-0.1, -0.05) is 12.1 Å². The predicted octanol–water partition coefficient (Wildman–Crippen LogP) is 2.45. The highest BCUT2D eigenvalue weighted by molar-refractivity contribution is 5.38. The van der Waals surface area contributed by atoms with Crippen LogP contribution in [-0.4, -0.2) is 38.6 Å². The fourth-order valence-corrected chi connectivity index (χ4v) is 2.29. The van der Waals surface area contributed by atoms with Gasteiger partial charge in [0.25, 0.3) is 0 Å². The molecule has 1 aromatic rings. The Kier molecular flexibility index (Phi) is 7.28. The summed E-state index contributed by atoms with van der Waals surface area (Å²) >= 11 is 0. The van der Waals surface area contributed by atoms with Crippen molar-refractivity contribution in [3.05, 3.63) is 34.4 Å². The molecule has 0 saturated heterocycles. The van der Waals surface area contributed by atoms with Gasteiger partial charge < -0.3 is 10.2 Å². The SMILES string of the molecule is Cc1cc(CC#N)c(CCNCCCN(C)C)cc1C. The molecule has 1 aromatic carbocycles. The first-order chi connectivity index (χ1) is 9.54. The molecule has 0 aliphatic rings. The van der Waals surface area contributed by atoms with Gasteiger partial charge in [-0.25, -0.2) is 0 Å². The third-order valence-corrected chi connectivity index (χ3v) is 3.62.